The Morgan fingerprint density at radius 3 is 2.62 bits per heavy atom. The lowest BCUT2D eigenvalue weighted by atomic mass is 10.3. The predicted molar refractivity (Wildman–Crippen MR) is 26.9 cm³/mol. The molecular formula is C4H8N2O2. The van der Waals surface area contributed by atoms with Crippen LogP contribution in [-0.2, 0) is 4.84 Å². The van der Waals surface area contributed by atoms with Crippen molar-refractivity contribution in [3.05, 3.63) is 12.3 Å². The van der Waals surface area contributed by atoms with Gasteiger partial charge in [0.25, 0.3) is 0 Å². The van der Waals surface area contributed by atoms with Gasteiger partial charge in [0.1, 0.15) is 6.26 Å². The molecule has 0 saturated carbocycles. The number of aliphatic hydroxyl groups is 1. The summed E-state index contributed by atoms with van der Waals surface area (Å²) in [6.45, 7) is 1.52. The fourth-order valence-electron chi connectivity index (χ4n) is 0.405. The first-order valence-electron chi connectivity index (χ1n) is 2.25. The van der Waals surface area contributed by atoms with Crippen LogP contribution in [0.2, 0.25) is 0 Å². The van der Waals surface area contributed by atoms with Crippen LogP contribution in [0.3, 0.4) is 0 Å². The lowest BCUT2D eigenvalue weighted by Gasteiger charge is -2.20. The zero-order valence-electron chi connectivity index (χ0n) is 4.53. The summed E-state index contributed by atoms with van der Waals surface area (Å²) >= 11 is 0. The summed E-state index contributed by atoms with van der Waals surface area (Å²) in [5, 5.41) is 9.92. The third-order valence-electron chi connectivity index (χ3n) is 1.00. The van der Waals surface area contributed by atoms with E-state index < -0.39 is 5.72 Å². The van der Waals surface area contributed by atoms with Crippen molar-refractivity contribution in [2.45, 2.75) is 12.6 Å². The number of hydrogen-bond acceptors (Lipinski definition) is 4. The third kappa shape index (κ3) is 0.686. The molecule has 1 heterocycles. The van der Waals surface area contributed by atoms with Gasteiger partial charge >= 0.3 is 0 Å². The lowest BCUT2D eigenvalue weighted by Crippen LogP contribution is -2.44. The molecule has 4 heteroatoms. The highest BCUT2D eigenvalue weighted by Gasteiger charge is 2.29. The summed E-state index contributed by atoms with van der Waals surface area (Å²) in [4.78, 5) is 4.55. The van der Waals surface area contributed by atoms with E-state index in [2.05, 4.69) is 4.84 Å². The summed E-state index contributed by atoms with van der Waals surface area (Å²) in [6.07, 6.45) is 2.78. The van der Waals surface area contributed by atoms with E-state index in [1.54, 1.807) is 0 Å². The van der Waals surface area contributed by atoms with Crippen molar-refractivity contribution < 1.29 is 9.94 Å². The molecule has 3 N–H and O–H groups in total. The molecule has 0 radical (unpaired) electrons. The van der Waals surface area contributed by atoms with Crippen LogP contribution in [0.25, 0.3) is 0 Å². The zero-order chi connectivity index (χ0) is 6.20. The number of nitrogens with zero attached hydrogens (tertiary/aromatic N) is 1. The molecule has 4 nitrogen and oxygen atoms in total. The van der Waals surface area contributed by atoms with Gasteiger partial charge in [-0.3, -0.25) is 0 Å². The molecule has 1 rings (SSSR count). The van der Waals surface area contributed by atoms with Gasteiger partial charge in [0, 0.05) is 6.08 Å². The van der Waals surface area contributed by atoms with Crippen LogP contribution in [-0.4, -0.2) is 16.0 Å². The second kappa shape index (κ2) is 1.45. The first-order chi connectivity index (χ1) is 3.63. The molecule has 0 aromatic heterocycles. The Kier molecular flexibility index (Phi) is 1.00. The minimum absolute atomic E-state index is 0.868. The summed E-state index contributed by atoms with van der Waals surface area (Å²) < 4.78 is 0. The van der Waals surface area contributed by atoms with Crippen LogP contribution in [0.15, 0.2) is 12.3 Å². The van der Waals surface area contributed by atoms with E-state index in [4.69, 9.17) is 10.9 Å². The number of nitrogens with two attached hydrogens (primary N) is 1. The molecule has 1 atom stereocenters. The maximum absolute atomic E-state index is 9.05. The molecule has 46 valence electrons. The van der Waals surface area contributed by atoms with Gasteiger partial charge in [-0.2, -0.15) is 0 Å². The quantitative estimate of drug-likeness (QED) is 0.412. The molecule has 0 spiro atoms. The number of hydrogen-bond donors (Lipinski definition) is 2. The SMILES string of the molecule is CC1(O)C=CON1N. The second-order valence-corrected chi connectivity index (χ2v) is 1.83. The van der Waals surface area contributed by atoms with Crippen LogP contribution < -0.4 is 5.84 Å². The van der Waals surface area contributed by atoms with E-state index >= 15 is 0 Å². The van der Waals surface area contributed by atoms with Gasteiger partial charge in [0.05, 0.1) is 0 Å². The summed E-state index contributed by atoms with van der Waals surface area (Å²) in [6, 6.07) is 0. The fraction of sp³-hybridized carbons (Fsp3) is 0.500. The predicted octanol–water partition coefficient (Wildman–Crippen LogP) is -0.671. The molecule has 0 aromatic rings. The van der Waals surface area contributed by atoms with Crippen molar-refractivity contribution in [1.29, 1.82) is 0 Å². The fourth-order valence-corrected chi connectivity index (χ4v) is 0.405. The molecule has 0 saturated heterocycles. The van der Waals surface area contributed by atoms with E-state index in [1.807, 2.05) is 0 Å². The molecule has 8 heavy (non-hydrogen) atoms. The van der Waals surface area contributed by atoms with Gasteiger partial charge in [-0.1, -0.05) is 0 Å². The first kappa shape index (κ1) is 5.55. The van der Waals surface area contributed by atoms with Gasteiger partial charge < -0.3 is 9.94 Å². The van der Waals surface area contributed by atoms with E-state index in [-0.39, 0.29) is 0 Å². The van der Waals surface area contributed by atoms with Crippen molar-refractivity contribution >= 4 is 0 Å². The highest BCUT2D eigenvalue weighted by molar-refractivity contribution is 4.94. The molecule has 0 aliphatic carbocycles. The van der Waals surface area contributed by atoms with Crippen molar-refractivity contribution in [3.8, 4) is 0 Å². The summed E-state index contributed by atoms with van der Waals surface area (Å²) in [5.41, 5.74) is -1.14. The average molecular weight is 116 g/mol. The Morgan fingerprint density at radius 1 is 1.88 bits per heavy atom. The van der Waals surface area contributed by atoms with E-state index in [9.17, 15) is 0 Å². The van der Waals surface area contributed by atoms with E-state index in [1.165, 1.54) is 19.3 Å². The van der Waals surface area contributed by atoms with Crippen molar-refractivity contribution in [2.75, 3.05) is 0 Å². The van der Waals surface area contributed by atoms with Crippen LogP contribution >= 0.6 is 0 Å². The smallest absolute Gasteiger partial charge is 0.186 e. The average Bonchev–Trinajstić information content (AvgIpc) is 1.86. The number of hydrazine groups is 1. The Labute approximate surface area is 47.1 Å². The molecule has 0 aromatic carbocycles. The number of rotatable bonds is 0. The molecule has 0 fully saturated rings. The standard InChI is InChI=1S/C4H8N2O2/c1-4(7)2-3-8-6(4)5/h2-3,7H,5H2,1H3. The minimum Gasteiger partial charge on any atom is -0.396 e. The number of hydroxylamine groups is 1. The van der Waals surface area contributed by atoms with E-state index in [0.717, 1.165) is 5.17 Å². The van der Waals surface area contributed by atoms with Crippen LogP contribution in [0.4, 0.5) is 0 Å². The zero-order valence-corrected chi connectivity index (χ0v) is 4.53. The molecule has 1 aliphatic heterocycles. The first-order valence-corrected chi connectivity index (χ1v) is 2.25. The van der Waals surface area contributed by atoms with Gasteiger partial charge in [0.2, 0.25) is 0 Å². The Balaban J connectivity index is 2.67. The Morgan fingerprint density at radius 2 is 2.50 bits per heavy atom. The monoisotopic (exact) mass is 116 g/mol. The normalized spacial score (nSPS) is 37.9. The summed E-state index contributed by atoms with van der Waals surface area (Å²) in [7, 11) is 0. The maximum Gasteiger partial charge on any atom is 0.186 e. The summed E-state index contributed by atoms with van der Waals surface area (Å²) in [5.74, 6) is 5.11. The topological polar surface area (TPSA) is 58.7 Å². The third-order valence-corrected chi connectivity index (χ3v) is 1.00. The minimum atomic E-state index is -1.14. The van der Waals surface area contributed by atoms with Gasteiger partial charge in [-0.25, -0.2) is 5.84 Å². The highest BCUT2D eigenvalue weighted by atomic mass is 16.7. The molecule has 1 aliphatic rings. The van der Waals surface area contributed by atoms with E-state index in [0.29, 0.717) is 0 Å². The molecule has 0 amide bonds. The second-order valence-electron chi connectivity index (χ2n) is 1.83. The van der Waals surface area contributed by atoms with Crippen LogP contribution in [0, 0.1) is 0 Å². The highest BCUT2D eigenvalue weighted by Crippen LogP contribution is 2.14. The van der Waals surface area contributed by atoms with Gasteiger partial charge in [-0.05, 0) is 12.1 Å². The van der Waals surface area contributed by atoms with Crippen molar-refractivity contribution in [3.63, 3.8) is 0 Å². The van der Waals surface area contributed by atoms with Crippen molar-refractivity contribution in [1.82, 2.24) is 5.17 Å². The van der Waals surface area contributed by atoms with Gasteiger partial charge in [0.15, 0.2) is 5.72 Å². The Bertz CT molecular complexity index is 121. The maximum atomic E-state index is 9.05. The van der Waals surface area contributed by atoms with Crippen LogP contribution in [0.5, 0.6) is 0 Å². The molecular weight excluding hydrogens is 108 g/mol. The largest absolute Gasteiger partial charge is 0.396 e. The lowest BCUT2D eigenvalue weighted by molar-refractivity contribution is -0.215. The van der Waals surface area contributed by atoms with Gasteiger partial charge in [-0.15, -0.1) is 0 Å². The molecule has 0 bridgehead atoms. The Hall–Kier alpha value is -0.580. The molecule has 1 unspecified atom stereocenters. The van der Waals surface area contributed by atoms with Crippen LogP contribution in [0.1, 0.15) is 6.92 Å². The van der Waals surface area contributed by atoms with Crippen molar-refractivity contribution in [2.24, 2.45) is 5.84 Å².